The molecular weight excluding hydrogens is 204 g/mol. The maximum absolute atomic E-state index is 10.00. The van der Waals surface area contributed by atoms with Gasteiger partial charge in [0.1, 0.15) is 5.75 Å². The van der Waals surface area contributed by atoms with Crippen LogP contribution in [0.15, 0.2) is 4.90 Å². The van der Waals surface area contributed by atoms with Gasteiger partial charge in [-0.15, -0.1) is 11.8 Å². The van der Waals surface area contributed by atoms with Crippen LogP contribution < -0.4 is 0 Å². The summed E-state index contributed by atoms with van der Waals surface area (Å²) in [6.07, 6.45) is 2.34. The Morgan fingerprint density at radius 1 is 1.13 bits per heavy atom. The number of hydrogen-bond donors (Lipinski definition) is 1. The summed E-state index contributed by atoms with van der Waals surface area (Å²) in [6.45, 7) is 8.46. The van der Waals surface area contributed by atoms with Gasteiger partial charge in [-0.2, -0.15) is 0 Å². The number of rotatable bonds is 0. The number of aromatic hydroxyl groups is 1. The first-order valence-corrected chi connectivity index (χ1v) is 6.38. The van der Waals surface area contributed by atoms with E-state index in [2.05, 4.69) is 13.8 Å². The second-order valence-corrected chi connectivity index (χ2v) is 5.95. The van der Waals surface area contributed by atoms with Gasteiger partial charge in [-0.05, 0) is 55.9 Å². The maximum atomic E-state index is 10.00. The van der Waals surface area contributed by atoms with Crippen molar-refractivity contribution in [3.8, 4) is 5.75 Å². The van der Waals surface area contributed by atoms with E-state index >= 15 is 0 Å². The summed E-state index contributed by atoms with van der Waals surface area (Å²) in [5, 5.41) is 10.7. The largest absolute Gasteiger partial charge is 0.507 e. The van der Waals surface area contributed by atoms with E-state index in [-0.39, 0.29) is 0 Å². The fraction of sp³-hybridized carbons (Fsp3) is 0.538. The van der Waals surface area contributed by atoms with Gasteiger partial charge in [0.15, 0.2) is 0 Å². The van der Waals surface area contributed by atoms with Gasteiger partial charge in [0.25, 0.3) is 0 Å². The number of phenolic OH excluding ortho intramolecular Hbond substituents is 1. The average Bonchev–Trinajstić information content (AvgIpc) is 2.23. The molecule has 1 aliphatic heterocycles. The zero-order chi connectivity index (χ0) is 11.2. The quantitative estimate of drug-likeness (QED) is 0.721. The highest BCUT2D eigenvalue weighted by atomic mass is 32.2. The van der Waals surface area contributed by atoms with Crippen molar-refractivity contribution in [1.82, 2.24) is 0 Å². The summed E-state index contributed by atoms with van der Waals surface area (Å²) in [6, 6.07) is 0. The first-order chi connectivity index (χ1) is 7.02. The lowest BCUT2D eigenvalue weighted by Crippen LogP contribution is -2.10. The van der Waals surface area contributed by atoms with Crippen molar-refractivity contribution in [1.29, 1.82) is 0 Å². The summed E-state index contributed by atoms with van der Waals surface area (Å²) < 4.78 is 0. The lowest BCUT2D eigenvalue weighted by molar-refractivity contribution is 0.463. The van der Waals surface area contributed by atoms with Crippen molar-refractivity contribution in [2.45, 2.75) is 50.7 Å². The minimum absolute atomic E-state index is 0.501. The predicted octanol–water partition coefficient (Wildman–Crippen LogP) is 3.74. The molecule has 1 aliphatic rings. The van der Waals surface area contributed by atoms with Crippen molar-refractivity contribution in [2.75, 3.05) is 0 Å². The van der Waals surface area contributed by atoms with Crippen LogP contribution in [0.5, 0.6) is 5.75 Å². The molecule has 0 saturated heterocycles. The molecular formula is C13H18OS. The fourth-order valence-corrected chi connectivity index (χ4v) is 3.60. The molecule has 1 aromatic rings. The zero-order valence-corrected chi connectivity index (χ0v) is 10.7. The third kappa shape index (κ3) is 1.65. The third-order valence-electron chi connectivity index (χ3n) is 3.46. The van der Waals surface area contributed by atoms with E-state index in [0.29, 0.717) is 11.0 Å². The molecule has 0 aliphatic carbocycles. The molecule has 0 amide bonds. The van der Waals surface area contributed by atoms with Crippen LogP contribution in [0.3, 0.4) is 0 Å². The van der Waals surface area contributed by atoms with E-state index in [4.69, 9.17) is 0 Å². The van der Waals surface area contributed by atoms with Gasteiger partial charge in [0.05, 0.1) is 0 Å². The Balaban J connectivity index is 2.65. The monoisotopic (exact) mass is 222 g/mol. The first-order valence-electron chi connectivity index (χ1n) is 5.50. The van der Waals surface area contributed by atoms with Crippen LogP contribution in [0.25, 0.3) is 0 Å². The number of hydrogen-bond acceptors (Lipinski definition) is 2. The second-order valence-electron chi connectivity index (χ2n) is 4.50. The lowest BCUT2D eigenvalue weighted by atomic mass is 9.95. The Bertz CT molecular complexity index is 410. The summed E-state index contributed by atoms with van der Waals surface area (Å²) in [4.78, 5) is 1.42. The lowest BCUT2D eigenvalue weighted by Gasteiger charge is -2.26. The zero-order valence-electron chi connectivity index (χ0n) is 9.85. The summed E-state index contributed by atoms with van der Waals surface area (Å²) in [7, 11) is 0. The molecule has 1 aromatic carbocycles. The van der Waals surface area contributed by atoms with Crippen molar-refractivity contribution >= 4 is 11.8 Å². The predicted molar refractivity (Wildman–Crippen MR) is 66.0 cm³/mol. The van der Waals surface area contributed by atoms with Crippen LogP contribution in [-0.4, -0.2) is 10.4 Å². The summed E-state index contributed by atoms with van der Waals surface area (Å²) in [5.41, 5.74) is 4.78. The third-order valence-corrected chi connectivity index (χ3v) is 4.89. The van der Waals surface area contributed by atoms with E-state index in [1.807, 2.05) is 25.6 Å². The van der Waals surface area contributed by atoms with Crippen LogP contribution in [0, 0.1) is 20.8 Å². The van der Waals surface area contributed by atoms with Crippen LogP contribution in [0.2, 0.25) is 0 Å². The summed E-state index contributed by atoms with van der Waals surface area (Å²) in [5.74, 6) is 0.501. The van der Waals surface area contributed by atoms with E-state index in [1.165, 1.54) is 22.4 Å². The normalized spacial score (nSPS) is 20.1. The first kappa shape index (κ1) is 10.9. The Morgan fingerprint density at radius 2 is 1.80 bits per heavy atom. The molecule has 2 heteroatoms. The highest BCUT2D eigenvalue weighted by Gasteiger charge is 2.22. The van der Waals surface area contributed by atoms with Gasteiger partial charge in [-0.1, -0.05) is 6.92 Å². The minimum Gasteiger partial charge on any atom is -0.507 e. The molecule has 0 saturated carbocycles. The molecule has 1 unspecified atom stereocenters. The van der Waals surface area contributed by atoms with Gasteiger partial charge < -0.3 is 5.11 Å². The van der Waals surface area contributed by atoms with Crippen LogP contribution in [0.4, 0.5) is 0 Å². The molecule has 82 valence electrons. The molecule has 0 fully saturated rings. The Hall–Kier alpha value is -0.630. The number of phenols is 1. The Kier molecular flexibility index (Phi) is 2.72. The van der Waals surface area contributed by atoms with Crippen molar-refractivity contribution in [2.24, 2.45) is 0 Å². The standard InChI is InChI=1S/C13H18OS/c1-7-5-6-11-10(4)12(14)8(2)9(3)13(11)15-7/h7,14H,5-6H2,1-4H3. The highest BCUT2D eigenvalue weighted by molar-refractivity contribution is 8.00. The fourth-order valence-electron chi connectivity index (χ4n) is 2.24. The molecule has 2 rings (SSSR count). The van der Waals surface area contributed by atoms with Crippen LogP contribution in [0.1, 0.15) is 35.6 Å². The number of thioether (sulfide) groups is 1. The van der Waals surface area contributed by atoms with Gasteiger partial charge in [0.2, 0.25) is 0 Å². The Morgan fingerprint density at radius 3 is 2.47 bits per heavy atom. The molecule has 1 atom stereocenters. The van der Waals surface area contributed by atoms with Crippen LogP contribution >= 0.6 is 11.8 Å². The Labute approximate surface area is 95.9 Å². The molecule has 0 bridgehead atoms. The maximum Gasteiger partial charge on any atom is 0.122 e. The highest BCUT2D eigenvalue weighted by Crippen LogP contribution is 2.43. The topological polar surface area (TPSA) is 20.2 Å². The van der Waals surface area contributed by atoms with Gasteiger partial charge in [0, 0.05) is 10.1 Å². The molecule has 0 aromatic heterocycles. The van der Waals surface area contributed by atoms with E-state index in [9.17, 15) is 5.11 Å². The number of benzene rings is 1. The molecule has 1 heterocycles. The SMILES string of the molecule is Cc1c(C)c2c(c(C)c1O)CCC(C)S2. The molecule has 1 N–H and O–H groups in total. The van der Waals surface area contributed by atoms with E-state index < -0.39 is 0 Å². The van der Waals surface area contributed by atoms with Crippen molar-refractivity contribution < 1.29 is 5.11 Å². The van der Waals surface area contributed by atoms with E-state index in [0.717, 1.165) is 17.5 Å². The second kappa shape index (κ2) is 3.75. The molecule has 0 spiro atoms. The smallest absolute Gasteiger partial charge is 0.122 e. The van der Waals surface area contributed by atoms with Crippen molar-refractivity contribution in [3.63, 3.8) is 0 Å². The number of fused-ring (bicyclic) bond motifs is 1. The summed E-state index contributed by atoms with van der Waals surface area (Å²) >= 11 is 1.96. The van der Waals surface area contributed by atoms with Gasteiger partial charge in [-0.3, -0.25) is 0 Å². The van der Waals surface area contributed by atoms with Crippen LogP contribution in [-0.2, 0) is 6.42 Å². The van der Waals surface area contributed by atoms with Gasteiger partial charge >= 0.3 is 0 Å². The molecule has 1 nitrogen and oxygen atoms in total. The van der Waals surface area contributed by atoms with Gasteiger partial charge in [-0.25, -0.2) is 0 Å². The average molecular weight is 222 g/mol. The molecule has 15 heavy (non-hydrogen) atoms. The van der Waals surface area contributed by atoms with E-state index in [1.54, 1.807) is 0 Å². The molecule has 0 radical (unpaired) electrons. The van der Waals surface area contributed by atoms with Crippen molar-refractivity contribution in [3.05, 3.63) is 22.3 Å². The minimum atomic E-state index is 0.501.